The first-order valence-corrected chi connectivity index (χ1v) is 5.93. The predicted molar refractivity (Wildman–Crippen MR) is 68.1 cm³/mol. The molecule has 1 aromatic rings. The van der Waals surface area contributed by atoms with Crippen molar-refractivity contribution in [2.45, 2.75) is 32.9 Å². The van der Waals surface area contributed by atoms with Crippen molar-refractivity contribution in [2.24, 2.45) is 0 Å². The summed E-state index contributed by atoms with van der Waals surface area (Å²) < 4.78 is 13.3. The summed E-state index contributed by atoms with van der Waals surface area (Å²) in [5, 5.41) is 8.84. The van der Waals surface area contributed by atoms with Crippen LogP contribution in [0.4, 0.5) is 10.1 Å². The van der Waals surface area contributed by atoms with Gasteiger partial charge in [0.05, 0.1) is 5.69 Å². The molecule has 96 valence electrons. The summed E-state index contributed by atoms with van der Waals surface area (Å²) in [6, 6.07) is 5.27. The number of rotatable bonds is 6. The van der Waals surface area contributed by atoms with Crippen molar-refractivity contribution in [1.82, 2.24) is 4.90 Å². The third-order valence-electron chi connectivity index (χ3n) is 2.78. The maximum absolute atomic E-state index is 13.3. The van der Waals surface area contributed by atoms with Gasteiger partial charge in [0.2, 0.25) is 0 Å². The van der Waals surface area contributed by atoms with Crippen LogP contribution in [-0.2, 0) is 6.54 Å². The Kier molecular flexibility index (Phi) is 5.38. The first-order chi connectivity index (χ1) is 8.04. The molecule has 0 aliphatic carbocycles. The van der Waals surface area contributed by atoms with Crippen LogP contribution in [0.2, 0.25) is 0 Å². The molecule has 0 amide bonds. The number of nitrogen functional groups attached to an aromatic ring is 1. The molecular weight excluding hydrogens is 219 g/mol. The third kappa shape index (κ3) is 4.32. The smallest absolute Gasteiger partial charge is 0.146 e. The van der Waals surface area contributed by atoms with Gasteiger partial charge in [-0.05, 0) is 38.0 Å². The molecule has 3 nitrogen and oxygen atoms in total. The second kappa shape index (κ2) is 6.57. The maximum Gasteiger partial charge on any atom is 0.146 e. The summed E-state index contributed by atoms with van der Waals surface area (Å²) in [5.74, 6) is -0.367. The van der Waals surface area contributed by atoms with Crippen molar-refractivity contribution < 1.29 is 9.50 Å². The van der Waals surface area contributed by atoms with Crippen molar-refractivity contribution in [1.29, 1.82) is 0 Å². The Morgan fingerprint density at radius 2 is 2.12 bits per heavy atom. The number of aliphatic hydroxyl groups is 1. The van der Waals surface area contributed by atoms with Gasteiger partial charge in [0, 0.05) is 25.7 Å². The minimum Gasteiger partial charge on any atom is -0.396 e. The molecule has 1 rings (SSSR count). The first-order valence-electron chi connectivity index (χ1n) is 5.93. The summed E-state index contributed by atoms with van der Waals surface area (Å²) in [4.78, 5) is 2.20. The van der Waals surface area contributed by atoms with E-state index in [1.165, 1.54) is 6.07 Å². The van der Waals surface area contributed by atoms with Gasteiger partial charge in [0.25, 0.3) is 0 Å². The molecule has 17 heavy (non-hydrogen) atoms. The van der Waals surface area contributed by atoms with E-state index < -0.39 is 0 Å². The van der Waals surface area contributed by atoms with Crippen LogP contribution < -0.4 is 5.73 Å². The number of nitrogens with two attached hydrogens (primary N) is 1. The van der Waals surface area contributed by atoms with Gasteiger partial charge >= 0.3 is 0 Å². The molecule has 0 atom stereocenters. The van der Waals surface area contributed by atoms with Crippen molar-refractivity contribution in [3.63, 3.8) is 0 Å². The number of anilines is 1. The van der Waals surface area contributed by atoms with Crippen molar-refractivity contribution in [2.75, 3.05) is 18.9 Å². The van der Waals surface area contributed by atoms with Crippen LogP contribution in [0.15, 0.2) is 18.2 Å². The van der Waals surface area contributed by atoms with Gasteiger partial charge in [-0.2, -0.15) is 0 Å². The summed E-state index contributed by atoms with van der Waals surface area (Å²) in [5.41, 5.74) is 6.52. The van der Waals surface area contributed by atoms with E-state index in [1.807, 2.05) is 6.07 Å². The van der Waals surface area contributed by atoms with Crippen LogP contribution in [-0.4, -0.2) is 29.2 Å². The van der Waals surface area contributed by atoms with E-state index in [-0.39, 0.29) is 18.1 Å². The number of hydrogen-bond acceptors (Lipinski definition) is 3. The van der Waals surface area contributed by atoms with Crippen molar-refractivity contribution >= 4 is 5.69 Å². The van der Waals surface area contributed by atoms with Gasteiger partial charge < -0.3 is 10.8 Å². The summed E-state index contributed by atoms with van der Waals surface area (Å²) in [7, 11) is 0. The number of benzene rings is 1. The van der Waals surface area contributed by atoms with Crippen LogP contribution >= 0.6 is 0 Å². The molecule has 0 unspecified atom stereocenters. The standard InChI is InChI=1S/C13H21FN2O/c1-10(2)16(6-3-7-17)9-11-4-5-13(15)12(14)8-11/h4-5,8,10,17H,3,6-7,9,15H2,1-2H3. The van der Waals surface area contributed by atoms with Crippen LogP contribution in [0.25, 0.3) is 0 Å². The molecule has 1 aromatic carbocycles. The molecule has 0 aliphatic rings. The van der Waals surface area contributed by atoms with E-state index in [4.69, 9.17) is 10.8 Å². The van der Waals surface area contributed by atoms with Crippen molar-refractivity contribution in [3.05, 3.63) is 29.6 Å². The Labute approximate surface area is 102 Å². The summed E-state index contributed by atoms with van der Waals surface area (Å²) >= 11 is 0. The summed E-state index contributed by atoms with van der Waals surface area (Å²) in [6.45, 7) is 5.84. The van der Waals surface area contributed by atoms with Crippen LogP contribution in [0.5, 0.6) is 0 Å². The SMILES string of the molecule is CC(C)N(CCCO)Cc1ccc(N)c(F)c1. The molecule has 0 saturated carbocycles. The second-order valence-corrected chi connectivity index (χ2v) is 4.50. The lowest BCUT2D eigenvalue weighted by molar-refractivity contribution is 0.184. The Bertz CT molecular complexity index is 355. The van der Waals surface area contributed by atoms with Crippen LogP contribution in [0, 0.1) is 5.82 Å². The van der Waals surface area contributed by atoms with E-state index >= 15 is 0 Å². The molecule has 0 radical (unpaired) electrons. The highest BCUT2D eigenvalue weighted by molar-refractivity contribution is 5.41. The zero-order valence-corrected chi connectivity index (χ0v) is 10.5. The minimum atomic E-state index is -0.367. The van der Waals surface area contributed by atoms with Gasteiger partial charge in [0.1, 0.15) is 5.82 Å². The average molecular weight is 240 g/mol. The number of nitrogens with zero attached hydrogens (tertiary/aromatic N) is 1. The van der Waals surface area contributed by atoms with E-state index in [0.717, 1.165) is 18.5 Å². The fraction of sp³-hybridized carbons (Fsp3) is 0.538. The second-order valence-electron chi connectivity index (χ2n) is 4.50. The molecule has 0 heterocycles. The predicted octanol–water partition coefficient (Wildman–Crippen LogP) is 2.00. The maximum atomic E-state index is 13.3. The monoisotopic (exact) mass is 240 g/mol. The molecule has 0 spiro atoms. The van der Waals surface area contributed by atoms with Gasteiger partial charge in [-0.25, -0.2) is 4.39 Å². The number of aliphatic hydroxyl groups excluding tert-OH is 1. The zero-order chi connectivity index (χ0) is 12.8. The topological polar surface area (TPSA) is 49.5 Å². The fourth-order valence-corrected chi connectivity index (χ4v) is 1.70. The normalized spacial score (nSPS) is 11.4. The Morgan fingerprint density at radius 1 is 1.41 bits per heavy atom. The van der Waals surface area contributed by atoms with E-state index in [9.17, 15) is 4.39 Å². The van der Waals surface area contributed by atoms with Gasteiger partial charge in [0.15, 0.2) is 0 Å². The highest BCUT2D eigenvalue weighted by atomic mass is 19.1. The quantitative estimate of drug-likeness (QED) is 0.748. The lowest BCUT2D eigenvalue weighted by Gasteiger charge is -2.26. The minimum absolute atomic E-state index is 0.180. The molecule has 4 heteroatoms. The van der Waals surface area contributed by atoms with Gasteiger partial charge in [-0.15, -0.1) is 0 Å². The van der Waals surface area contributed by atoms with E-state index in [0.29, 0.717) is 12.6 Å². The number of halogens is 1. The Balaban J connectivity index is 2.68. The highest BCUT2D eigenvalue weighted by Crippen LogP contribution is 2.15. The molecule has 0 aliphatic heterocycles. The molecule has 0 fully saturated rings. The molecule has 0 saturated heterocycles. The fourth-order valence-electron chi connectivity index (χ4n) is 1.70. The van der Waals surface area contributed by atoms with Crippen molar-refractivity contribution in [3.8, 4) is 0 Å². The average Bonchev–Trinajstić information content (AvgIpc) is 2.28. The lowest BCUT2D eigenvalue weighted by atomic mass is 10.1. The molecule has 3 N–H and O–H groups in total. The third-order valence-corrected chi connectivity index (χ3v) is 2.78. The Morgan fingerprint density at radius 3 is 2.65 bits per heavy atom. The zero-order valence-electron chi connectivity index (χ0n) is 10.5. The van der Waals surface area contributed by atoms with Crippen LogP contribution in [0.3, 0.4) is 0 Å². The summed E-state index contributed by atoms with van der Waals surface area (Å²) in [6.07, 6.45) is 0.732. The molecular formula is C13H21FN2O. The van der Waals surface area contributed by atoms with Gasteiger partial charge in [-0.1, -0.05) is 6.07 Å². The highest BCUT2D eigenvalue weighted by Gasteiger charge is 2.10. The lowest BCUT2D eigenvalue weighted by Crippen LogP contribution is -2.31. The molecule has 0 aromatic heterocycles. The first kappa shape index (κ1) is 13.9. The van der Waals surface area contributed by atoms with E-state index in [2.05, 4.69) is 18.7 Å². The van der Waals surface area contributed by atoms with E-state index in [1.54, 1.807) is 6.07 Å². The van der Waals surface area contributed by atoms with Crippen LogP contribution in [0.1, 0.15) is 25.8 Å². The largest absolute Gasteiger partial charge is 0.396 e. The molecule has 0 bridgehead atoms. The number of hydrogen-bond donors (Lipinski definition) is 2. The Hall–Kier alpha value is -1.13. The van der Waals surface area contributed by atoms with Gasteiger partial charge in [-0.3, -0.25) is 4.90 Å².